The number of nitro benzene ring substituents is 2. The van der Waals surface area contributed by atoms with E-state index in [0.29, 0.717) is 99.0 Å². The summed E-state index contributed by atoms with van der Waals surface area (Å²) in [4.78, 5) is 20.5. The molecule has 0 saturated carbocycles. The van der Waals surface area contributed by atoms with Crippen molar-refractivity contribution >= 4 is 17.1 Å². The van der Waals surface area contributed by atoms with Gasteiger partial charge < -0.3 is 43.2 Å². The molecule has 15 nitrogen and oxygen atoms in total. The van der Waals surface area contributed by atoms with Gasteiger partial charge in [0, 0.05) is 19.2 Å². The molecule has 0 heterocycles. The number of nitrogens with one attached hydrogen (secondary N) is 1. The van der Waals surface area contributed by atoms with Crippen LogP contribution in [0.2, 0.25) is 0 Å². The second-order valence-electron chi connectivity index (χ2n) is 8.04. The minimum absolute atomic E-state index is 0.191. The van der Waals surface area contributed by atoms with E-state index >= 15 is 0 Å². The summed E-state index contributed by atoms with van der Waals surface area (Å²) >= 11 is 0. The monoisotopic (exact) mass is 577 g/mol. The fraction of sp³-hybridized carbons (Fsp3) is 0.760. The van der Waals surface area contributed by atoms with Gasteiger partial charge in [0.2, 0.25) is 0 Å². The molecule has 0 amide bonds. The van der Waals surface area contributed by atoms with Gasteiger partial charge in [-0.15, -0.1) is 0 Å². The molecule has 0 aliphatic heterocycles. The van der Waals surface area contributed by atoms with Crippen molar-refractivity contribution in [3.63, 3.8) is 0 Å². The van der Waals surface area contributed by atoms with Gasteiger partial charge in [0.15, 0.2) is 0 Å². The molecule has 1 N–H and O–H groups in total. The number of anilines is 1. The van der Waals surface area contributed by atoms with Crippen LogP contribution in [-0.2, 0) is 37.9 Å². The van der Waals surface area contributed by atoms with Crippen LogP contribution in [0.15, 0.2) is 18.2 Å². The van der Waals surface area contributed by atoms with E-state index < -0.39 is 9.85 Å². The normalized spacial score (nSPS) is 11.1. The summed E-state index contributed by atoms with van der Waals surface area (Å²) in [7, 11) is 0. The highest BCUT2D eigenvalue weighted by Gasteiger charge is 2.18. The van der Waals surface area contributed by atoms with Crippen LogP contribution < -0.4 is 5.32 Å². The zero-order valence-electron chi connectivity index (χ0n) is 23.3. The van der Waals surface area contributed by atoms with Crippen molar-refractivity contribution in [2.75, 3.05) is 118 Å². The van der Waals surface area contributed by atoms with Crippen molar-refractivity contribution in [3.8, 4) is 0 Å². The van der Waals surface area contributed by atoms with Gasteiger partial charge in [-0.25, -0.2) is 0 Å². The molecule has 0 fully saturated rings. The molecule has 0 aliphatic carbocycles. The Morgan fingerprint density at radius 2 is 0.950 bits per heavy atom. The van der Waals surface area contributed by atoms with Gasteiger partial charge in [-0.2, -0.15) is 0 Å². The van der Waals surface area contributed by atoms with Gasteiger partial charge in [0.1, 0.15) is 5.69 Å². The fourth-order valence-electron chi connectivity index (χ4n) is 2.98. The Balaban J connectivity index is 1.80. The second kappa shape index (κ2) is 25.5. The summed E-state index contributed by atoms with van der Waals surface area (Å²) in [5, 5.41) is 24.7. The number of benzene rings is 1. The summed E-state index contributed by atoms with van der Waals surface area (Å²) in [5.74, 6) is 0. The zero-order chi connectivity index (χ0) is 29.1. The molecular formula is C25H43N3O12. The van der Waals surface area contributed by atoms with E-state index in [9.17, 15) is 20.2 Å². The topological polar surface area (TPSA) is 172 Å². The van der Waals surface area contributed by atoms with Crippen LogP contribution in [0.25, 0.3) is 0 Å². The molecule has 0 spiro atoms. The molecule has 0 aliphatic rings. The first-order chi connectivity index (χ1) is 19.6. The molecule has 0 radical (unpaired) electrons. The van der Waals surface area contributed by atoms with Gasteiger partial charge in [0.25, 0.3) is 11.4 Å². The van der Waals surface area contributed by atoms with Gasteiger partial charge >= 0.3 is 0 Å². The molecule has 0 unspecified atom stereocenters. The van der Waals surface area contributed by atoms with Gasteiger partial charge in [0.05, 0.1) is 115 Å². The van der Waals surface area contributed by atoms with Crippen molar-refractivity contribution in [2.45, 2.75) is 13.3 Å². The van der Waals surface area contributed by atoms with Crippen LogP contribution >= 0.6 is 0 Å². The van der Waals surface area contributed by atoms with Crippen molar-refractivity contribution in [2.24, 2.45) is 0 Å². The van der Waals surface area contributed by atoms with Crippen LogP contribution in [0.4, 0.5) is 17.1 Å². The molecule has 0 saturated heterocycles. The highest BCUT2D eigenvalue weighted by molar-refractivity contribution is 5.65. The average molecular weight is 578 g/mol. The molecule has 0 bridgehead atoms. The maximum atomic E-state index is 11.1. The lowest BCUT2D eigenvalue weighted by atomic mass is 10.2. The van der Waals surface area contributed by atoms with Gasteiger partial charge in [-0.05, 0) is 12.5 Å². The van der Waals surface area contributed by atoms with Crippen LogP contribution in [0.3, 0.4) is 0 Å². The summed E-state index contributed by atoms with van der Waals surface area (Å²) in [6.07, 6.45) is 1.01. The van der Waals surface area contributed by atoms with E-state index in [-0.39, 0.29) is 23.7 Å². The first-order valence-corrected chi connectivity index (χ1v) is 13.3. The molecule has 1 rings (SSSR count). The highest BCUT2D eigenvalue weighted by Crippen LogP contribution is 2.28. The van der Waals surface area contributed by atoms with Crippen LogP contribution in [0.5, 0.6) is 0 Å². The SMILES string of the molecule is CCCOCCOCCOCCOCCOCCOCCOCCOCCNc1ccc([N+](=O)[O-])cc1[N+](=O)[O-]. The Bertz CT molecular complexity index is 787. The zero-order valence-corrected chi connectivity index (χ0v) is 23.3. The van der Waals surface area contributed by atoms with E-state index in [1.54, 1.807) is 0 Å². The smallest absolute Gasteiger partial charge is 0.299 e. The minimum atomic E-state index is -0.679. The molecule has 230 valence electrons. The Morgan fingerprint density at radius 1 is 0.575 bits per heavy atom. The minimum Gasteiger partial charge on any atom is -0.379 e. The van der Waals surface area contributed by atoms with Crippen LogP contribution in [-0.4, -0.2) is 122 Å². The van der Waals surface area contributed by atoms with Crippen LogP contribution in [0, 0.1) is 20.2 Å². The third-order valence-corrected chi connectivity index (χ3v) is 4.90. The standard InChI is InChI=1S/C25H43N3O12/c1-2-6-33-8-10-35-12-14-37-16-18-39-20-21-40-19-17-38-15-13-36-11-9-34-7-5-26-24-4-3-23(27(29)30)22-25(24)28(31)32/h3-4,22,26H,2,5-21H2,1H3. The van der Waals surface area contributed by atoms with Gasteiger partial charge in [-0.3, -0.25) is 20.2 Å². The first-order valence-electron chi connectivity index (χ1n) is 13.3. The molecule has 15 heteroatoms. The van der Waals surface area contributed by atoms with Crippen molar-refractivity contribution < 1.29 is 47.7 Å². The summed E-state index contributed by atoms with van der Waals surface area (Å²) in [6.45, 7) is 10.1. The lowest BCUT2D eigenvalue weighted by Gasteiger charge is -2.09. The van der Waals surface area contributed by atoms with E-state index in [2.05, 4.69) is 12.2 Å². The quantitative estimate of drug-likeness (QED) is 0.0836. The summed E-state index contributed by atoms with van der Waals surface area (Å²) in [6, 6.07) is 3.43. The predicted molar refractivity (Wildman–Crippen MR) is 145 cm³/mol. The van der Waals surface area contributed by atoms with Crippen molar-refractivity contribution in [3.05, 3.63) is 38.4 Å². The number of ether oxygens (including phenoxy) is 8. The molecule has 1 aromatic carbocycles. The lowest BCUT2D eigenvalue weighted by molar-refractivity contribution is -0.393. The second-order valence-corrected chi connectivity index (χ2v) is 8.04. The third-order valence-electron chi connectivity index (χ3n) is 4.90. The Hall–Kier alpha value is -2.50. The Kier molecular flexibility index (Phi) is 22.6. The maximum Gasteiger partial charge on any atom is 0.299 e. The molecule has 0 aromatic heterocycles. The van der Waals surface area contributed by atoms with E-state index in [1.807, 2.05) is 0 Å². The van der Waals surface area contributed by atoms with E-state index in [1.165, 1.54) is 12.1 Å². The fourth-order valence-corrected chi connectivity index (χ4v) is 2.98. The first kappa shape index (κ1) is 35.5. The number of hydrogen-bond acceptors (Lipinski definition) is 13. The largest absolute Gasteiger partial charge is 0.379 e. The molecular weight excluding hydrogens is 534 g/mol. The predicted octanol–water partition coefficient (Wildman–Crippen LogP) is 2.46. The molecule has 40 heavy (non-hydrogen) atoms. The number of nitrogens with zero attached hydrogens (tertiary/aromatic N) is 2. The van der Waals surface area contributed by atoms with E-state index in [0.717, 1.165) is 19.1 Å². The number of rotatable bonds is 29. The van der Waals surface area contributed by atoms with Crippen LogP contribution in [0.1, 0.15) is 13.3 Å². The summed E-state index contributed by atoms with van der Waals surface area (Å²) < 4.78 is 43.2. The van der Waals surface area contributed by atoms with Crippen molar-refractivity contribution in [1.29, 1.82) is 0 Å². The lowest BCUT2D eigenvalue weighted by Crippen LogP contribution is -2.15. The highest BCUT2D eigenvalue weighted by atomic mass is 16.6. The Labute approximate surface area is 234 Å². The number of nitro groups is 2. The van der Waals surface area contributed by atoms with Gasteiger partial charge in [-0.1, -0.05) is 6.92 Å². The molecule has 1 aromatic rings. The Morgan fingerprint density at radius 3 is 1.30 bits per heavy atom. The number of hydrogen-bond donors (Lipinski definition) is 1. The third kappa shape index (κ3) is 19.5. The average Bonchev–Trinajstić information content (AvgIpc) is 2.94. The number of non-ortho nitro benzene ring substituents is 1. The maximum absolute atomic E-state index is 11.1. The van der Waals surface area contributed by atoms with E-state index in [4.69, 9.17) is 37.9 Å². The summed E-state index contributed by atoms with van der Waals surface area (Å²) in [5.41, 5.74) is -0.512. The molecule has 0 atom stereocenters. The van der Waals surface area contributed by atoms with Crippen molar-refractivity contribution in [1.82, 2.24) is 0 Å².